The smallest absolute Gasteiger partial charge is 0.358 e. The second kappa shape index (κ2) is 7.09. The number of ether oxygens (including phenoxy) is 2. The van der Waals surface area contributed by atoms with Crippen LogP contribution in [0.5, 0.6) is 5.75 Å². The van der Waals surface area contributed by atoms with Gasteiger partial charge in [-0.25, -0.2) is 9.78 Å². The molecule has 110 valence electrons. The summed E-state index contributed by atoms with van der Waals surface area (Å²) in [5.41, 5.74) is 6.50. The van der Waals surface area contributed by atoms with E-state index >= 15 is 0 Å². The van der Waals surface area contributed by atoms with Crippen LogP contribution in [0, 0.1) is 0 Å². The Bertz CT molecular complexity index is 619. The minimum atomic E-state index is -0.528. The summed E-state index contributed by atoms with van der Waals surface area (Å²) >= 11 is 0. The number of nitrogen functional groups attached to an aromatic ring is 1. The van der Waals surface area contributed by atoms with Crippen molar-refractivity contribution in [1.29, 1.82) is 0 Å². The monoisotopic (exact) mass is 288 g/mol. The van der Waals surface area contributed by atoms with Gasteiger partial charge < -0.3 is 20.5 Å². The van der Waals surface area contributed by atoms with Crippen LogP contribution in [0.2, 0.25) is 0 Å². The van der Waals surface area contributed by atoms with Crippen LogP contribution in [0.25, 0.3) is 0 Å². The van der Waals surface area contributed by atoms with Crippen LogP contribution in [0.4, 0.5) is 11.5 Å². The van der Waals surface area contributed by atoms with Crippen LogP contribution < -0.4 is 15.8 Å². The predicted octanol–water partition coefficient (Wildman–Crippen LogP) is 1.34. The molecule has 0 saturated carbocycles. The number of aromatic nitrogens is 2. The second-order valence-electron chi connectivity index (χ2n) is 4.09. The van der Waals surface area contributed by atoms with Crippen molar-refractivity contribution in [2.75, 3.05) is 31.3 Å². The standard InChI is InChI=1S/C14H16N4O3/c1-20-14(19)11-8-16-9-13(18-11)17-6-7-21-12-5-3-2-4-10(12)15/h2-5,8-9H,6-7,15H2,1H3,(H,17,18). The minimum Gasteiger partial charge on any atom is -0.490 e. The Balaban J connectivity index is 1.84. The first kappa shape index (κ1) is 14.6. The average Bonchev–Trinajstić information content (AvgIpc) is 2.52. The molecule has 1 aromatic carbocycles. The molecule has 0 fully saturated rings. The molecule has 2 rings (SSSR count). The molecule has 0 aliphatic carbocycles. The fourth-order valence-electron chi connectivity index (χ4n) is 1.61. The molecular formula is C14H16N4O3. The zero-order valence-electron chi connectivity index (χ0n) is 11.6. The Morgan fingerprint density at radius 2 is 2.14 bits per heavy atom. The van der Waals surface area contributed by atoms with E-state index in [1.54, 1.807) is 12.1 Å². The number of esters is 1. The lowest BCUT2D eigenvalue weighted by Gasteiger charge is -2.09. The summed E-state index contributed by atoms with van der Waals surface area (Å²) in [7, 11) is 1.29. The maximum absolute atomic E-state index is 11.3. The van der Waals surface area contributed by atoms with Crippen molar-refractivity contribution in [3.8, 4) is 5.75 Å². The molecule has 2 aromatic rings. The highest BCUT2D eigenvalue weighted by atomic mass is 16.5. The van der Waals surface area contributed by atoms with Gasteiger partial charge in [0.25, 0.3) is 0 Å². The molecule has 0 aliphatic rings. The molecule has 0 amide bonds. The van der Waals surface area contributed by atoms with Crippen molar-refractivity contribution in [3.63, 3.8) is 0 Å². The Morgan fingerprint density at radius 1 is 1.33 bits per heavy atom. The molecule has 0 spiro atoms. The van der Waals surface area contributed by atoms with Gasteiger partial charge in [-0.15, -0.1) is 0 Å². The summed E-state index contributed by atoms with van der Waals surface area (Å²) in [5.74, 6) is 0.579. The third kappa shape index (κ3) is 4.07. The topological polar surface area (TPSA) is 99.4 Å². The lowest BCUT2D eigenvalue weighted by atomic mass is 10.3. The van der Waals surface area contributed by atoms with Crippen LogP contribution in [0.1, 0.15) is 10.5 Å². The molecule has 3 N–H and O–H groups in total. The molecule has 7 heteroatoms. The fraction of sp³-hybridized carbons (Fsp3) is 0.214. The van der Waals surface area contributed by atoms with Crippen LogP contribution in [0.15, 0.2) is 36.7 Å². The number of hydrogen-bond acceptors (Lipinski definition) is 7. The highest BCUT2D eigenvalue weighted by Crippen LogP contribution is 2.19. The molecular weight excluding hydrogens is 272 g/mol. The molecule has 7 nitrogen and oxygen atoms in total. The van der Waals surface area contributed by atoms with Crippen molar-refractivity contribution in [3.05, 3.63) is 42.4 Å². The molecule has 0 radical (unpaired) electrons. The van der Waals surface area contributed by atoms with Crippen LogP contribution in [-0.2, 0) is 4.74 Å². The summed E-state index contributed by atoms with van der Waals surface area (Å²) in [5, 5.41) is 3.01. The van der Waals surface area contributed by atoms with Crippen LogP contribution in [-0.4, -0.2) is 36.2 Å². The molecule has 0 bridgehead atoms. The van der Waals surface area contributed by atoms with E-state index in [0.717, 1.165) is 0 Å². The summed E-state index contributed by atoms with van der Waals surface area (Å²) in [4.78, 5) is 19.3. The van der Waals surface area contributed by atoms with Gasteiger partial charge in [0.05, 0.1) is 31.7 Å². The molecule has 1 aromatic heterocycles. The maximum atomic E-state index is 11.3. The largest absolute Gasteiger partial charge is 0.490 e. The summed E-state index contributed by atoms with van der Waals surface area (Å²) in [6.07, 6.45) is 2.86. The van der Waals surface area contributed by atoms with E-state index in [2.05, 4.69) is 20.0 Å². The number of methoxy groups -OCH3 is 1. The van der Waals surface area contributed by atoms with Gasteiger partial charge >= 0.3 is 5.97 Å². The number of nitrogens with two attached hydrogens (primary N) is 1. The predicted molar refractivity (Wildman–Crippen MR) is 78.2 cm³/mol. The number of nitrogens with zero attached hydrogens (tertiary/aromatic N) is 2. The van der Waals surface area contributed by atoms with Crippen molar-refractivity contribution in [1.82, 2.24) is 9.97 Å². The van der Waals surface area contributed by atoms with Gasteiger partial charge in [0.15, 0.2) is 5.69 Å². The lowest BCUT2D eigenvalue weighted by Crippen LogP contribution is -2.14. The van der Waals surface area contributed by atoms with Crippen molar-refractivity contribution in [2.45, 2.75) is 0 Å². The second-order valence-corrected chi connectivity index (χ2v) is 4.09. The zero-order chi connectivity index (χ0) is 15.1. The molecule has 1 heterocycles. The molecule has 0 aliphatic heterocycles. The Labute approximate surface area is 122 Å². The van der Waals surface area contributed by atoms with Crippen LogP contribution >= 0.6 is 0 Å². The first-order chi connectivity index (χ1) is 10.2. The Hall–Kier alpha value is -2.83. The van der Waals surface area contributed by atoms with E-state index in [0.29, 0.717) is 30.4 Å². The maximum Gasteiger partial charge on any atom is 0.358 e. The third-order valence-corrected chi connectivity index (χ3v) is 2.61. The van der Waals surface area contributed by atoms with Crippen molar-refractivity contribution < 1.29 is 14.3 Å². The van der Waals surface area contributed by atoms with Crippen molar-refractivity contribution >= 4 is 17.5 Å². The van der Waals surface area contributed by atoms with Gasteiger partial charge in [-0.1, -0.05) is 12.1 Å². The van der Waals surface area contributed by atoms with E-state index in [-0.39, 0.29) is 5.69 Å². The summed E-state index contributed by atoms with van der Waals surface area (Å²) < 4.78 is 10.1. The molecule has 0 saturated heterocycles. The quantitative estimate of drug-likeness (QED) is 0.470. The number of carbonyl (C=O) groups is 1. The van der Waals surface area contributed by atoms with E-state index in [9.17, 15) is 4.79 Å². The Morgan fingerprint density at radius 3 is 2.90 bits per heavy atom. The molecule has 0 unspecified atom stereocenters. The first-order valence-electron chi connectivity index (χ1n) is 6.32. The van der Waals surface area contributed by atoms with Gasteiger partial charge in [-0.3, -0.25) is 4.98 Å². The highest BCUT2D eigenvalue weighted by Gasteiger charge is 2.08. The zero-order valence-corrected chi connectivity index (χ0v) is 11.6. The van der Waals surface area contributed by atoms with Crippen molar-refractivity contribution in [2.24, 2.45) is 0 Å². The van der Waals surface area contributed by atoms with Gasteiger partial charge in [-0.05, 0) is 12.1 Å². The summed E-state index contributed by atoms with van der Waals surface area (Å²) in [6, 6.07) is 7.26. The number of rotatable bonds is 6. The Kier molecular flexibility index (Phi) is 4.92. The number of para-hydroxylation sites is 2. The van der Waals surface area contributed by atoms with E-state index in [1.807, 2.05) is 12.1 Å². The highest BCUT2D eigenvalue weighted by molar-refractivity contribution is 5.87. The lowest BCUT2D eigenvalue weighted by molar-refractivity contribution is 0.0593. The number of carbonyl (C=O) groups excluding carboxylic acids is 1. The van der Waals surface area contributed by atoms with E-state index in [1.165, 1.54) is 19.5 Å². The SMILES string of the molecule is COC(=O)c1cncc(NCCOc2ccccc2N)n1. The molecule has 0 atom stereocenters. The fourth-order valence-corrected chi connectivity index (χ4v) is 1.61. The van der Waals surface area contributed by atoms with Gasteiger partial charge in [-0.2, -0.15) is 0 Å². The average molecular weight is 288 g/mol. The minimum absolute atomic E-state index is 0.149. The summed E-state index contributed by atoms with van der Waals surface area (Å²) in [6.45, 7) is 0.895. The normalized spacial score (nSPS) is 9.95. The van der Waals surface area contributed by atoms with Crippen LogP contribution in [0.3, 0.4) is 0 Å². The van der Waals surface area contributed by atoms with Gasteiger partial charge in [0, 0.05) is 0 Å². The molecule has 21 heavy (non-hydrogen) atoms. The van der Waals surface area contributed by atoms with Gasteiger partial charge in [0.2, 0.25) is 0 Å². The first-order valence-corrected chi connectivity index (χ1v) is 6.32. The number of anilines is 2. The van der Waals surface area contributed by atoms with E-state index in [4.69, 9.17) is 10.5 Å². The van der Waals surface area contributed by atoms with E-state index < -0.39 is 5.97 Å². The van der Waals surface area contributed by atoms with Gasteiger partial charge in [0.1, 0.15) is 18.2 Å². The third-order valence-electron chi connectivity index (χ3n) is 2.61. The number of benzene rings is 1. The number of nitrogens with one attached hydrogen (secondary N) is 1. The number of hydrogen-bond donors (Lipinski definition) is 2.